The smallest absolute Gasteiger partial charge is 0.305 e. The molecule has 0 N–H and O–H groups in total. The lowest BCUT2D eigenvalue weighted by Crippen LogP contribution is -2.24. The monoisotopic (exact) mass is 162 g/mol. The molecule has 0 radical (unpaired) electrons. The molecule has 1 unspecified atom stereocenters. The molecule has 0 saturated heterocycles. The van der Waals surface area contributed by atoms with Gasteiger partial charge in [0.15, 0.2) is 0 Å². The standard InChI is InChI=1S/C6H11ClN2O/c1-3-4-5-8-6(7)10-9(5)2/h5H,3-4H2,1-2H3. The Labute approximate surface area is 65.6 Å². The van der Waals surface area contributed by atoms with E-state index in [0.717, 1.165) is 12.8 Å². The Morgan fingerprint density at radius 2 is 2.50 bits per heavy atom. The number of rotatable bonds is 2. The van der Waals surface area contributed by atoms with Crippen molar-refractivity contribution in [1.29, 1.82) is 0 Å². The van der Waals surface area contributed by atoms with Gasteiger partial charge in [-0.1, -0.05) is 13.3 Å². The van der Waals surface area contributed by atoms with Gasteiger partial charge in [-0.3, -0.25) is 0 Å². The van der Waals surface area contributed by atoms with Crippen molar-refractivity contribution in [2.45, 2.75) is 25.9 Å². The fourth-order valence-corrected chi connectivity index (χ4v) is 1.13. The Morgan fingerprint density at radius 3 is 2.90 bits per heavy atom. The highest BCUT2D eigenvalue weighted by Gasteiger charge is 2.22. The van der Waals surface area contributed by atoms with E-state index >= 15 is 0 Å². The predicted octanol–water partition coefficient (Wildman–Crippen LogP) is 1.58. The Balaban J connectivity index is 2.44. The molecule has 1 heterocycles. The van der Waals surface area contributed by atoms with Crippen molar-refractivity contribution >= 4 is 17.0 Å². The van der Waals surface area contributed by atoms with Gasteiger partial charge in [0.2, 0.25) is 0 Å². The minimum Gasteiger partial charge on any atom is -0.371 e. The number of halogens is 1. The maximum atomic E-state index is 5.52. The third-order valence-electron chi connectivity index (χ3n) is 1.44. The van der Waals surface area contributed by atoms with Gasteiger partial charge in [0, 0.05) is 7.05 Å². The van der Waals surface area contributed by atoms with Crippen molar-refractivity contribution in [2.24, 2.45) is 4.99 Å². The van der Waals surface area contributed by atoms with Gasteiger partial charge >= 0.3 is 5.36 Å². The summed E-state index contributed by atoms with van der Waals surface area (Å²) in [5.74, 6) is 0. The Hall–Kier alpha value is -0.280. The summed E-state index contributed by atoms with van der Waals surface area (Å²) in [4.78, 5) is 9.02. The maximum Gasteiger partial charge on any atom is 0.305 e. The van der Waals surface area contributed by atoms with Crippen LogP contribution in [0, 0.1) is 0 Å². The van der Waals surface area contributed by atoms with E-state index in [1.165, 1.54) is 0 Å². The molecular formula is C6H11ClN2O. The van der Waals surface area contributed by atoms with E-state index in [2.05, 4.69) is 11.9 Å². The van der Waals surface area contributed by atoms with E-state index in [-0.39, 0.29) is 11.5 Å². The first-order chi connectivity index (χ1) is 4.74. The molecule has 3 nitrogen and oxygen atoms in total. The van der Waals surface area contributed by atoms with Crippen LogP contribution in [0.1, 0.15) is 19.8 Å². The molecule has 0 spiro atoms. The summed E-state index contributed by atoms with van der Waals surface area (Å²) in [6, 6.07) is 0. The highest BCUT2D eigenvalue weighted by atomic mass is 35.5. The van der Waals surface area contributed by atoms with E-state index in [0.29, 0.717) is 0 Å². The van der Waals surface area contributed by atoms with Gasteiger partial charge in [0.05, 0.1) is 0 Å². The molecule has 0 amide bonds. The van der Waals surface area contributed by atoms with Gasteiger partial charge in [-0.15, -0.1) is 5.06 Å². The summed E-state index contributed by atoms with van der Waals surface area (Å²) < 4.78 is 0. The van der Waals surface area contributed by atoms with Crippen molar-refractivity contribution in [3.8, 4) is 0 Å². The molecule has 0 aromatic rings. The van der Waals surface area contributed by atoms with Crippen molar-refractivity contribution in [3.05, 3.63) is 0 Å². The molecule has 0 saturated carbocycles. The van der Waals surface area contributed by atoms with Gasteiger partial charge in [-0.2, -0.15) is 0 Å². The largest absolute Gasteiger partial charge is 0.371 e. The van der Waals surface area contributed by atoms with Crippen molar-refractivity contribution in [2.75, 3.05) is 7.05 Å². The zero-order chi connectivity index (χ0) is 7.56. The second-order valence-corrected chi connectivity index (χ2v) is 2.61. The highest BCUT2D eigenvalue weighted by Crippen LogP contribution is 2.15. The zero-order valence-electron chi connectivity index (χ0n) is 6.17. The molecule has 10 heavy (non-hydrogen) atoms. The van der Waals surface area contributed by atoms with Crippen molar-refractivity contribution in [3.63, 3.8) is 0 Å². The first kappa shape index (κ1) is 7.82. The van der Waals surface area contributed by atoms with Crippen LogP contribution >= 0.6 is 11.6 Å². The van der Waals surface area contributed by atoms with Gasteiger partial charge < -0.3 is 4.84 Å². The molecule has 1 aliphatic heterocycles. The van der Waals surface area contributed by atoms with Crippen molar-refractivity contribution in [1.82, 2.24) is 5.06 Å². The van der Waals surface area contributed by atoms with Crippen LogP contribution < -0.4 is 0 Å². The number of nitrogens with zero attached hydrogens (tertiary/aromatic N) is 2. The molecule has 0 aromatic heterocycles. The van der Waals surface area contributed by atoms with Crippen LogP contribution in [-0.2, 0) is 4.84 Å². The van der Waals surface area contributed by atoms with Gasteiger partial charge in [0.25, 0.3) is 0 Å². The normalized spacial score (nSPS) is 26.3. The quantitative estimate of drug-likeness (QED) is 0.616. The molecule has 0 fully saturated rings. The zero-order valence-corrected chi connectivity index (χ0v) is 6.93. The third kappa shape index (κ3) is 1.61. The third-order valence-corrected chi connectivity index (χ3v) is 1.60. The first-order valence-electron chi connectivity index (χ1n) is 3.38. The lowest BCUT2D eigenvalue weighted by Gasteiger charge is -2.13. The molecule has 0 aromatic carbocycles. The van der Waals surface area contributed by atoms with Crippen LogP contribution in [0.5, 0.6) is 0 Å². The fraction of sp³-hybridized carbons (Fsp3) is 0.833. The number of hydrogen-bond donors (Lipinski definition) is 0. The van der Waals surface area contributed by atoms with E-state index in [9.17, 15) is 0 Å². The average molecular weight is 163 g/mol. The topological polar surface area (TPSA) is 24.8 Å². The lowest BCUT2D eigenvalue weighted by molar-refractivity contribution is -0.0558. The molecule has 0 bridgehead atoms. The van der Waals surface area contributed by atoms with Crippen LogP contribution in [0.15, 0.2) is 4.99 Å². The molecule has 1 atom stereocenters. The van der Waals surface area contributed by atoms with Crippen LogP contribution in [0.2, 0.25) is 0 Å². The van der Waals surface area contributed by atoms with Gasteiger partial charge in [-0.05, 0) is 18.0 Å². The van der Waals surface area contributed by atoms with Gasteiger partial charge in [-0.25, -0.2) is 4.99 Å². The summed E-state index contributed by atoms with van der Waals surface area (Å²) in [7, 11) is 1.83. The number of hydroxylamine groups is 2. The van der Waals surface area contributed by atoms with E-state index in [4.69, 9.17) is 16.4 Å². The average Bonchev–Trinajstić information content (AvgIpc) is 2.13. The second kappa shape index (κ2) is 3.21. The predicted molar refractivity (Wildman–Crippen MR) is 40.8 cm³/mol. The Kier molecular flexibility index (Phi) is 2.51. The fourth-order valence-electron chi connectivity index (χ4n) is 0.906. The SMILES string of the molecule is CCCC1N=C(Cl)ON1C. The van der Waals surface area contributed by atoms with Crippen LogP contribution in [0.4, 0.5) is 0 Å². The highest BCUT2D eigenvalue weighted by molar-refractivity contribution is 6.63. The number of aliphatic imine (C=N–C) groups is 1. The minimum absolute atomic E-state index is 0.123. The molecule has 4 heteroatoms. The Morgan fingerprint density at radius 1 is 1.80 bits per heavy atom. The van der Waals surface area contributed by atoms with Crippen molar-refractivity contribution < 1.29 is 4.84 Å². The van der Waals surface area contributed by atoms with Crippen LogP contribution in [0.3, 0.4) is 0 Å². The maximum absolute atomic E-state index is 5.52. The molecule has 0 aliphatic carbocycles. The summed E-state index contributed by atoms with van der Waals surface area (Å²) in [5.41, 5.74) is 0. The minimum atomic E-state index is 0.123. The molecule has 1 aliphatic rings. The van der Waals surface area contributed by atoms with E-state index < -0.39 is 0 Å². The van der Waals surface area contributed by atoms with Crippen LogP contribution in [-0.4, -0.2) is 23.6 Å². The summed E-state index contributed by atoms with van der Waals surface area (Å²) in [6.45, 7) is 2.11. The lowest BCUT2D eigenvalue weighted by atomic mass is 10.3. The molecular weight excluding hydrogens is 152 g/mol. The van der Waals surface area contributed by atoms with Gasteiger partial charge in [0.1, 0.15) is 6.17 Å². The van der Waals surface area contributed by atoms with E-state index in [1.54, 1.807) is 5.06 Å². The second-order valence-electron chi connectivity index (χ2n) is 2.29. The molecule has 58 valence electrons. The summed E-state index contributed by atoms with van der Waals surface area (Å²) >= 11 is 5.52. The molecule has 1 rings (SSSR count). The first-order valence-corrected chi connectivity index (χ1v) is 3.76. The Bertz CT molecular complexity index is 149. The summed E-state index contributed by atoms with van der Waals surface area (Å²) in [5, 5.41) is 1.92. The van der Waals surface area contributed by atoms with Crippen LogP contribution in [0.25, 0.3) is 0 Å². The summed E-state index contributed by atoms with van der Waals surface area (Å²) in [6.07, 6.45) is 2.20. The van der Waals surface area contributed by atoms with E-state index in [1.807, 2.05) is 7.05 Å². The number of hydrogen-bond acceptors (Lipinski definition) is 3.